The lowest BCUT2D eigenvalue weighted by molar-refractivity contribution is 0.0697. The van der Waals surface area contributed by atoms with E-state index in [1.54, 1.807) is 35.4 Å². The number of benzene rings is 1. The van der Waals surface area contributed by atoms with Crippen LogP contribution in [0, 0.1) is 0 Å². The van der Waals surface area contributed by atoms with Gasteiger partial charge in [-0.3, -0.25) is 4.98 Å². The summed E-state index contributed by atoms with van der Waals surface area (Å²) in [5, 5.41) is 11.0. The summed E-state index contributed by atoms with van der Waals surface area (Å²) in [6.45, 7) is 0. The van der Waals surface area contributed by atoms with Crippen molar-refractivity contribution >= 4 is 16.7 Å². The number of aromatic carboxylic acids is 1. The molecular weight excluding hydrogens is 228 g/mol. The molecule has 0 atom stereocenters. The topological polar surface area (TPSA) is 55.1 Å². The average molecular weight is 238 g/mol. The predicted molar refractivity (Wildman–Crippen MR) is 68.0 cm³/mol. The molecule has 88 valence electrons. The number of hydrogen-bond donors (Lipinski definition) is 1. The standard InChI is InChI=1S/C14H10N2O2/c17-14(18)12-4-6-16(9-12)13-2-1-11-8-15-5-3-10(11)7-13/h1-9H,(H,17,18). The lowest BCUT2D eigenvalue weighted by atomic mass is 10.1. The lowest BCUT2D eigenvalue weighted by Crippen LogP contribution is -1.94. The Kier molecular flexibility index (Phi) is 2.34. The Labute approximate surface area is 103 Å². The summed E-state index contributed by atoms with van der Waals surface area (Å²) in [6, 6.07) is 9.43. The second kappa shape index (κ2) is 4.00. The van der Waals surface area contributed by atoms with E-state index >= 15 is 0 Å². The van der Waals surface area contributed by atoms with Crippen LogP contribution in [0.5, 0.6) is 0 Å². The van der Waals surface area contributed by atoms with Crippen molar-refractivity contribution in [1.29, 1.82) is 0 Å². The minimum Gasteiger partial charge on any atom is -0.478 e. The van der Waals surface area contributed by atoms with Gasteiger partial charge < -0.3 is 9.67 Å². The third-order valence-corrected chi connectivity index (χ3v) is 2.86. The van der Waals surface area contributed by atoms with Crippen molar-refractivity contribution in [3.63, 3.8) is 0 Å². The maximum absolute atomic E-state index is 10.8. The number of pyridine rings is 1. The quantitative estimate of drug-likeness (QED) is 0.746. The number of carbonyl (C=O) groups is 1. The Morgan fingerprint density at radius 3 is 2.83 bits per heavy atom. The van der Waals surface area contributed by atoms with Crippen LogP contribution >= 0.6 is 0 Å². The minimum atomic E-state index is -0.918. The van der Waals surface area contributed by atoms with Gasteiger partial charge in [0.25, 0.3) is 0 Å². The molecule has 1 aromatic carbocycles. The van der Waals surface area contributed by atoms with Gasteiger partial charge in [-0.25, -0.2) is 4.79 Å². The van der Waals surface area contributed by atoms with Crippen LogP contribution in [-0.4, -0.2) is 20.6 Å². The van der Waals surface area contributed by atoms with E-state index < -0.39 is 5.97 Å². The number of aromatic nitrogens is 2. The van der Waals surface area contributed by atoms with Gasteiger partial charge in [0.1, 0.15) is 0 Å². The molecule has 0 bridgehead atoms. The second-order valence-electron chi connectivity index (χ2n) is 4.02. The zero-order chi connectivity index (χ0) is 12.5. The van der Waals surface area contributed by atoms with Crippen molar-refractivity contribution in [2.45, 2.75) is 0 Å². The largest absolute Gasteiger partial charge is 0.478 e. The summed E-state index contributed by atoms with van der Waals surface area (Å²) in [4.78, 5) is 14.9. The summed E-state index contributed by atoms with van der Waals surface area (Å²) in [7, 11) is 0. The maximum Gasteiger partial charge on any atom is 0.337 e. The number of carboxylic acid groups (broad SMARTS) is 1. The van der Waals surface area contributed by atoms with Crippen molar-refractivity contribution in [3.05, 3.63) is 60.7 Å². The van der Waals surface area contributed by atoms with Gasteiger partial charge in [-0.1, -0.05) is 6.07 Å². The van der Waals surface area contributed by atoms with Crippen LogP contribution in [0.3, 0.4) is 0 Å². The van der Waals surface area contributed by atoms with Crippen LogP contribution in [0.2, 0.25) is 0 Å². The summed E-state index contributed by atoms with van der Waals surface area (Å²) >= 11 is 0. The highest BCUT2D eigenvalue weighted by molar-refractivity contribution is 5.88. The van der Waals surface area contributed by atoms with Crippen molar-refractivity contribution in [1.82, 2.24) is 9.55 Å². The molecule has 0 spiro atoms. The normalized spacial score (nSPS) is 10.7. The third-order valence-electron chi connectivity index (χ3n) is 2.86. The van der Waals surface area contributed by atoms with Gasteiger partial charge >= 0.3 is 5.97 Å². The number of rotatable bonds is 2. The summed E-state index contributed by atoms with van der Waals surface area (Å²) < 4.78 is 1.79. The van der Waals surface area contributed by atoms with E-state index in [4.69, 9.17) is 5.11 Å². The maximum atomic E-state index is 10.8. The van der Waals surface area contributed by atoms with E-state index in [0.29, 0.717) is 0 Å². The predicted octanol–water partition coefficient (Wildman–Crippen LogP) is 2.72. The van der Waals surface area contributed by atoms with Crippen molar-refractivity contribution in [2.24, 2.45) is 0 Å². The molecule has 0 unspecified atom stereocenters. The lowest BCUT2D eigenvalue weighted by Gasteiger charge is -2.04. The second-order valence-corrected chi connectivity index (χ2v) is 4.02. The van der Waals surface area contributed by atoms with Gasteiger partial charge in [0.15, 0.2) is 0 Å². The molecular formula is C14H10N2O2. The highest BCUT2D eigenvalue weighted by atomic mass is 16.4. The molecule has 2 aromatic heterocycles. The molecule has 0 aliphatic carbocycles. The monoisotopic (exact) mass is 238 g/mol. The van der Waals surface area contributed by atoms with E-state index in [1.165, 1.54) is 0 Å². The van der Waals surface area contributed by atoms with Gasteiger partial charge in [0, 0.05) is 35.9 Å². The third kappa shape index (κ3) is 1.73. The van der Waals surface area contributed by atoms with E-state index in [1.807, 2.05) is 24.3 Å². The first-order valence-corrected chi connectivity index (χ1v) is 5.49. The van der Waals surface area contributed by atoms with Crippen LogP contribution < -0.4 is 0 Å². The number of fused-ring (bicyclic) bond motifs is 1. The highest BCUT2D eigenvalue weighted by Gasteiger charge is 2.05. The first-order chi connectivity index (χ1) is 8.74. The molecule has 18 heavy (non-hydrogen) atoms. The van der Waals surface area contributed by atoms with Gasteiger partial charge in [-0.2, -0.15) is 0 Å². The molecule has 0 fully saturated rings. The highest BCUT2D eigenvalue weighted by Crippen LogP contribution is 2.18. The smallest absolute Gasteiger partial charge is 0.337 e. The van der Waals surface area contributed by atoms with Gasteiger partial charge in [-0.05, 0) is 29.7 Å². The Morgan fingerprint density at radius 1 is 1.17 bits per heavy atom. The fourth-order valence-electron chi connectivity index (χ4n) is 1.91. The Morgan fingerprint density at radius 2 is 2.06 bits per heavy atom. The van der Waals surface area contributed by atoms with Crippen molar-refractivity contribution in [2.75, 3.05) is 0 Å². The number of nitrogens with zero attached hydrogens (tertiary/aromatic N) is 2. The van der Waals surface area contributed by atoms with Crippen LogP contribution in [0.15, 0.2) is 55.1 Å². The molecule has 4 heteroatoms. The Bertz CT molecular complexity index is 731. The van der Waals surface area contributed by atoms with Gasteiger partial charge in [0.05, 0.1) is 5.56 Å². The van der Waals surface area contributed by atoms with Gasteiger partial charge in [0.2, 0.25) is 0 Å². The summed E-state index contributed by atoms with van der Waals surface area (Å²) in [5.41, 5.74) is 1.21. The fraction of sp³-hybridized carbons (Fsp3) is 0. The molecule has 0 radical (unpaired) electrons. The van der Waals surface area contributed by atoms with Crippen LogP contribution in [0.4, 0.5) is 0 Å². The first kappa shape index (κ1) is 10.5. The molecule has 2 heterocycles. The molecule has 3 rings (SSSR count). The molecule has 0 saturated heterocycles. The zero-order valence-corrected chi connectivity index (χ0v) is 9.45. The van der Waals surface area contributed by atoms with E-state index in [-0.39, 0.29) is 5.56 Å². The molecule has 0 saturated carbocycles. The summed E-state index contributed by atoms with van der Waals surface area (Å²) in [5.74, 6) is -0.918. The fourth-order valence-corrected chi connectivity index (χ4v) is 1.91. The molecule has 1 N–H and O–H groups in total. The molecule has 3 aromatic rings. The number of carboxylic acids is 1. The van der Waals surface area contributed by atoms with E-state index in [2.05, 4.69) is 4.98 Å². The Balaban J connectivity index is 2.10. The molecule has 0 aliphatic rings. The number of hydrogen-bond acceptors (Lipinski definition) is 2. The SMILES string of the molecule is O=C(O)c1ccn(-c2ccc3cnccc3c2)c1. The van der Waals surface area contributed by atoms with Crippen molar-refractivity contribution in [3.8, 4) is 5.69 Å². The Hall–Kier alpha value is -2.62. The zero-order valence-electron chi connectivity index (χ0n) is 9.45. The van der Waals surface area contributed by atoms with Gasteiger partial charge in [-0.15, -0.1) is 0 Å². The van der Waals surface area contributed by atoms with Crippen LogP contribution in [0.1, 0.15) is 10.4 Å². The van der Waals surface area contributed by atoms with E-state index in [0.717, 1.165) is 16.5 Å². The molecule has 0 aliphatic heterocycles. The van der Waals surface area contributed by atoms with Crippen LogP contribution in [-0.2, 0) is 0 Å². The van der Waals surface area contributed by atoms with Crippen LogP contribution in [0.25, 0.3) is 16.5 Å². The molecule has 4 nitrogen and oxygen atoms in total. The minimum absolute atomic E-state index is 0.282. The molecule has 0 amide bonds. The first-order valence-electron chi connectivity index (χ1n) is 5.49. The van der Waals surface area contributed by atoms with Crippen molar-refractivity contribution < 1.29 is 9.90 Å². The average Bonchev–Trinajstić information content (AvgIpc) is 2.88. The summed E-state index contributed by atoms with van der Waals surface area (Å²) in [6.07, 6.45) is 6.89. The van der Waals surface area contributed by atoms with E-state index in [9.17, 15) is 4.79 Å².